The number of benzene rings is 1. The third-order valence-corrected chi connectivity index (χ3v) is 3.07. The van der Waals surface area contributed by atoms with E-state index in [0.29, 0.717) is 36.8 Å². The van der Waals surface area contributed by atoms with Gasteiger partial charge in [-0.2, -0.15) is 0 Å². The molecule has 0 radical (unpaired) electrons. The average molecular weight is 280 g/mol. The molecule has 2 rings (SSSR count). The Labute approximate surface area is 118 Å². The fraction of sp³-hybridized carbons (Fsp3) is 0.500. The second-order valence-electron chi connectivity index (χ2n) is 4.61. The van der Waals surface area contributed by atoms with Crippen LogP contribution in [0.3, 0.4) is 0 Å². The van der Waals surface area contributed by atoms with Gasteiger partial charge in [0.2, 0.25) is 5.91 Å². The molecule has 3 N–H and O–H groups in total. The van der Waals surface area contributed by atoms with Crippen LogP contribution in [0, 0.1) is 0 Å². The predicted molar refractivity (Wildman–Crippen MR) is 75.8 cm³/mol. The molecule has 20 heavy (non-hydrogen) atoms. The maximum absolute atomic E-state index is 11.8. The van der Waals surface area contributed by atoms with Crippen molar-refractivity contribution in [1.82, 2.24) is 0 Å². The third-order valence-electron chi connectivity index (χ3n) is 3.07. The molecule has 1 aliphatic rings. The normalized spacial score (nSPS) is 17.9. The van der Waals surface area contributed by atoms with Gasteiger partial charge in [0.05, 0.1) is 38.5 Å². The number of carbonyl (C=O) groups excluding carboxylic acids is 1. The smallest absolute Gasteiger partial charge is 0.226 e. The van der Waals surface area contributed by atoms with Crippen molar-refractivity contribution in [2.24, 2.45) is 0 Å². The van der Waals surface area contributed by atoms with E-state index < -0.39 is 0 Å². The lowest BCUT2D eigenvalue weighted by Gasteiger charge is -2.12. The van der Waals surface area contributed by atoms with E-state index in [9.17, 15) is 4.79 Å². The Morgan fingerprint density at radius 1 is 1.55 bits per heavy atom. The van der Waals surface area contributed by atoms with E-state index in [2.05, 4.69) is 5.32 Å². The molecule has 1 fully saturated rings. The standard InChI is InChI=1S/C14H20N2O4/c1-18-13-8-10(15)2-3-12(13)16-14(17)5-7-20-11-4-6-19-9-11/h2-3,8,11H,4-7,9,15H2,1H3,(H,16,17). The molecule has 0 bridgehead atoms. The Hall–Kier alpha value is -1.79. The van der Waals surface area contributed by atoms with Crippen LogP contribution in [0.15, 0.2) is 18.2 Å². The maximum atomic E-state index is 11.8. The predicted octanol–water partition coefficient (Wildman–Crippen LogP) is 1.41. The number of rotatable bonds is 6. The van der Waals surface area contributed by atoms with Crippen LogP contribution >= 0.6 is 0 Å². The van der Waals surface area contributed by atoms with E-state index >= 15 is 0 Å². The van der Waals surface area contributed by atoms with Crippen molar-refractivity contribution in [2.75, 3.05) is 38.0 Å². The van der Waals surface area contributed by atoms with Gasteiger partial charge in [-0.1, -0.05) is 0 Å². The van der Waals surface area contributed by atoms with Gasteiger partial charge < -0.3 is 25.3 Å². The second kappa shape index (κ2) is 7.12. The highest BCUT2D eigenvalue weighted by atomic mass is 16.5. The minimum absolute atomic E-state index is 0.119. The van der Waals surface area contributed by atoms with Crippen LogP contribution in [-0.4, -0.2) is 38.9 Å². The Kier molecular flexibility index (Phi) is 5.20. The van der Waals surface area contributed by atoms with Gasteiger partial charge in [-0.05, 0) is 18.6 Å². The van der Waals surface area contributed by atoms with Crippen molar-refractivity contribution in [1.29, 1.82) is 0 Å². The zero-order valence-electron chi connectivity index (χ0n) is 11.6. The molecule has 0 aromatic heterocycles. The van der Waals surface area contributed by atoms with Crippen molar-refractivity contribution < 1.29 is 19.0 Å². The summed E-state index contributed by atoms with van der Waals surface area (Å²) in [4.78, 5) is 11.8. The lowest BCUT2D eigenvalue weighted by Crippen LogP contribution is -2.19. The van der Waals surface area contributed by atoms with Gasteiger partial charge in [0.1, 0.15) is 5.75 Å². The van der Waals surface area contributed by atoms with Crippen LogP contribution in [0.4, 0.5) is 11.4 Å². The monoisotopic (exact) mass is 280 g/mol. The fourth-order valence-electron chi connectivity index (χ4n) is 1.99. The lowest BCUT2D eigenvalue weighted by molar-refractivity contribution is -0.117. The summed E-state index contributed by atoms with van der Waals surface area (Å²) in [5.74, 6) is 0.426. The molecular weight excluding hydrogens is 260 g/mol. The highest BCUT2D eigenvalue weighted by molar-refractivity contribution is 5.92. The molecule has 1 unspecified atom stereocenters. The van der Waals surface area contributed by atoms with Gasteiger partial charge in [-0.25, -0.2) is 0 Å². The summed E-state index contributed by atoms with van der Waals surface area (Å²) in [6.45, 7) is 1.74. The van der Waals surface area contributed by atoms with Crippen molar-refractivity contribution in [3.05, 3.63) is 18.2 Å². The molecule has 110 valence electrons. The minimum atomic E-state index is -0.119. The molecule has 1 amide bonds. The number of ether oxygens (including phenoxy) is 3. The molecule has 0 saturated carbocycles. The van der Waals surface area contributed by atoms with E-state index in [-0.39, 0.29) is 12.0 Å². The van der Waals surface area contributed by atoms with Gasteiger partial charge in [-0.15, -0.1) is 0 Å². The largest absolute Gasteiger partial charge is 0.494 e. The van der Waals surface area contributed by atoms with Crippen LogP contribution < -0.4 is 15.8 Å². The summed E-state index contributed by atoms with van der Waals surface area (Å²) < 4.78 is 15.9. The summed E-state index contributed by atoms with van der Waals surface area (Å²) in [6.07, 6.45) is 1.31. The summed E-state index contributed by atoms with van der Waals surface area (Å²) >= 11 is 0. The highest BCUT2D eigenvalue weighted by Crippen LogP contribution is 2.26. The van der Waals surface area contributed by atoms with Crippen LogP contribution in [0.5, 0.6) is 5.75 Å². The number of methoxy groups -OCH3 is 1. The molecule has 1 aliphatic heterocycles. The first-order valence-electron chi connectivity index (χ1n) is 6.61. The zero-order chi connectivity index (χ0) is 14.4. The molecule has 0 aliphatic carbocycles. The highest BCUT2D eigenvalue weighted by Gasteiger charge is 2.16. The summed E-state index contributed by atoms with van der Waals surface area (Å²) in [6, 6.07) is 5.10. The summed E-state index contributed by atoms with van der Waals surface area (Å²) in [7, 11) is 1.54. The van der Waals surface area contributed by atoms with Gasteiger partial charge >= 0.3 is 0 Å². The Bertz CT molecular complexity index is 458. The zero-order valence-corrected chi connectivity index (χ0v) is 11.6. The van der Waals surface area contributed by atoms with Gasteiger partial charge in [0.25, 0.3) is 0 Å². The number of carbonyl (C=O) groups is 1. The second-order valence-corrected chi connectivity index (χ2v) is 4.61. The SMILES string of the molecule is COc1cc(N)ccc1NC(=O)CCOC1CCOC1. The first-order valence-corrected chi connectivity index (χ1v) is 6.61. The fourth-order valence-corrected chi connectivity index (χ4v) is 1.99. The van der Waals surface area contributed by atoms with E-state index in [1.54, 1.807) is 18.2 Å². The van der Waals surface area contributed by atoms with Gasteiger partial charge in [-0.3, -0.25) is 4.79 Å². The molecular formula is C14H20N2O4. The first kappa shape index (κ1) is 14.6. The molecule has 6 nitrogen and oxygen atoms in total. The number of anilines is 2. The molecule has 1 saturated heterocycles. The van der Waals surface area contributed by atoms with Crippen LogP contribution in [-0.2, 0) is 14.3 Å². The third kappa shape index (κ3) is 4.11. The Balaban J connectivity index is 1.78. The average Bonchev–Trinajstić information content (AvgIpc) is 2.94. The van der Waals surface area contributed by atoms with E-state index in [4.69, 9.17) is 19.9 Å². The number of nitrogens with one attached hydrogen (secondary N) is 1. The maximum Gasteiger partial charge on any atom is 0.226 e. The van der Waals surface area contributed by atoms with Crippen molar-refractivity contribution in [2.45, 2.75) is 18.9 Å². The van der Waals surface area contributed by atoms with Crippen LogP contribution in [0.1, 0.15) is 12.8 Å². The topological polar surface area (TPSA) is 82.8 Å². The summed E-state index contributed by atoms with van der Waals surface area (Å²) in [5.41, 5.74) is 6.85. The Morgan fingerprint density at radius 2 is 2.40 bits per heavy atom. The van der Waals surface area contributed by atoms with E-state index in [1.807, 2.05) is 0 Å². The van der Waals surface area contributed by atoms with Gasteiger partial charge in [0, 0.05) is 18.4 Å². The molecule has 6 heteroatoms. The molecule has 1 heterocycles. The van der Waals surface area contributed by atoms with E-state index in [1.165, 1.54) is 7.11 Å². The van der Waals surface area contributed by atoms with Gasteiger partial charge in [0.15, 0.2) is 0 Å². The van der Waals surface area contributed by atoms with Crippen molar-refractivity contribution in [3.63, 3.8) is 0 Å². The number of nitrogens with two attached hydrogens (primary N) is 1. The number of amides is 1. The molecule has 1 aromatic carbocycles. The first-order chi connectivity index (χ1) is 9.69. The number of hydrogen-bond acceptors (Lipinski definition) is 5. The molecule has 1 aromatic rings. The number of nitrogen functional groups attached to an aromatic ring is 1. The lowest BCUT2D eigenvalue weighted by atomic mass is 10.2. The van der Waals surface area contributed by atoms with Crippen LogP contribution in [0.25, 0.3) is 0 Å². The summed E-state index contributed by atoms with van der Waals surface area (Å²) in [5, 5.41) is 2.78. The quantitative estimate of drug-likeness (QED) is 0.770. The van der Waals surface area contributed by atoms with Crippen LogP contribution in [0.2, 0.25) is 0 Å². The number of hydrogen-bond donors (Lipinski definition) is 2. The van der Waals surface area contributed by atoms with E-state index in [0.717, 1.165) is 13.0 Å². The molecule has 0 spiro atoms. The van der Waals surface area contributed by atoms with Crippen molar-refractivity contribution >= 4 is 17.3 Å². The Morgan fingerprint density at radius 3 is 3.10 bits per heavy atom. The minimum Gasteiger partial charge on any atom is -0.494 e. The van der Waals surface area contributed by atoms with Crippen molar-refractivity contribution in [3.8, 4) is 5.75 Å². The molecule has 1 atom stereocenters.